The zero-order chi connectivity index (χ0) is 26.7. The minimum atomic E-state index is -0.504. The van der Waals surface area contributed by atoms with Crippen LogP contribution in [0.4, 0.5) is 17.2 Å². The van der Waals surface area contributed by atoms with Gasteiger partial charge in [0.2, 0.25) is 6.29 Å². The zero-order valence-electron chi connectivity index (χ0n) is 22.1. The summed E-state index contributed by atoms with van der Waals surface area (Å²) in [6, 6.07) is 14.1. The SMILES string of the molecule is COc1ccc2c(c1)CCC1=C2NC(n2cc(C(=O)Nc3ccc(N4CC5(CN(C)C5)C4)cc3)c(N)n2)N=C1. The molecule has 1 aromatic heterocycles. The maximum Gasteiger partial charge on any atom is 0.261 e. The zero-order valence-corrected chi connectivity index (χ0v) is 22.1. The van der Waals surface area contributed by atoms with Crippen molar-refractivity contribution >= 4 is 35.0 Å². The van der Waals surface area contributed by atoms with Gasteiger partial charge < -0.3 is 30.9 Å². The summed E-state index contributed by atoms with van der Waals surface area (Å²) in [6.07, 6.45) is 4.86. The van der Waals surface area contributed by atoms with E-state index in [9.17, 15) is 4.79 Å². The van der Waals surface area contributed by atoms with Crippen LogP contribution in [0.15, 0.2) is 59.2 Å². The van der Waals surface area contributed by atoms with Crippen LogP contribution in [-0.2, 0) is 6.42 Å². The van der Waals surface area contributed by atoms with Crippen molar-refractivity contribution in [3.8, 4) is 5.75 Å². The summed E-state index contributed by atoms with van der Waals surface area (Å²) >= 11 is 0. The van der Waals surface area contributed by atoms with Crippen molar-refractivity contribution in [3.05, 3.63) is 70.9 Å². The number of methoxy groups -OCH3 is 1. The number of aliphatic imine (C=N–C) groups is 1. The van der Waals surface area contributed by atoms with Gasteiger partial charge in [-0.05, 0) is 73.5 Å². The number of allylic oxidation sites excluding steroid dienone is 1. The summed E-state index contributed by atoms with van der Waals surface area (Å²) in [7, 11) is 3.85. The fourth-order valence-electron chi connectivity index (χ4n) is 6.38. The number of hydrogen-bond acceptors (Lipinski definition) is 8. The first-order valence-electron chi connectivity index (χ1n) is 13.3. The van der Waals surface area contributed by atoms with E-state index < -0.39 is 6.29 Å². The monoisotopic (exact) mass is 524 g/mol. The summed E-state index contributed by atoms with van der Waals surface area (Å²) in [5, 5.41) is 10.9. The van der Waals surface area contributed by atoms with Gasteiger partial charge in [-0.15, -0.1) is 0 Å². The van der Waals surface area contributed by atoms with E-state index in [0.717, 1.165) is 48.5 Å². The molecule has 7 rings (SSSR count). The number of rotatable bonds is 5. The molecule has 0 radical (unpaired) electrons. The van der Waals surface area contributed by atoms with Gasteiger partial charge in [-0.2, -0.15) is 5.10 Å². The maximum atomic E-state index is 13.1. The number of benzene rings is 2. The van der Waals surface area contributed by atoms with Crippen molar-refractivity contribution < 1.29 is 9.53 Å². The molecule has 200 valence electrons. The molecule has 2 fully saturated rings. The topological polar surface area (TPSA) is 113 Å². The van der Waals surface area contributed by atoms with Crippen LogP contribution >= 0.6 is 0 Å². The Morgan fingerprint density at radius 1 is 1.13 bits per heavy atom. The van der Waals surface area contributed by atoms with Crippen molar-refractivity contribution in [1.82, 2.24) is 20.0 Å². The Kier molecular flexibility index (Phi) is 5.41. The second kappa shape index (κ2) is 8.88. The van der Waals surface area contributed by atoms with Crippen LogP contribution in [0.3, 0.4) is 0 Å². The van der Waals surface area contributed by atoms with Crippen molar-refractivity contribution in [2.75, 3.05) is 56.3 Å². The van der Waals surface area contributed by atoms with E-state index in [4.69, 9.17) is 10.5 Å². The van der Waals surface area contributed by atoms with Gasteiger partial charge >= 0.3 is 0 Å². The molecule has 0 saturated carbocycles. The molecule has 1 atom stereocenters. The van der Waals surface area contributed by atoms with Crippen LogP contribution in [0.1, 0.15) is 34.2 Å². The van der Waals surface area contributed by atoms with Gasteiger partial charge in [0, 0.05) is 66.6 Å². The molecule has 1 spiro atoms. The average molecular weight is 525 g/mol. The number of carbonyl (C=O) groups excluding carboxylic acids is 1. The first-order chi connectivity index (χ1) is 18.9. The van der Waals surface area contributed by atoms with Gasteiger partial charge in [0.25, 0.3) is 5.91 Å². The largest absolute Gasteiger partial charge is 0.497 e. The number of anilines is 3. The van der Waals surface area contributed by atoms with Gasteiger partial charge in [0.15, 0.2) is 5.82 Å². The normalized spacial score (nSPS) is 21.0. The molecule has 3 aliphatic heterocycles. The van der Waals surface area contributed by atoms with Gasteiger partial charge in [0.05, 0.1) is 7.11 Å². The molecule has 0 bridgehead atoms. The molecule has 4 heterocycles. The third-order valence-electron chi connectivity index (χ3n) is 8.22. The molecule has 4 aliphatic rings. The fourth-order valence-corrected chi connectivity index (χ4v) is 6.38. The molecule has 4 N–H and O–H groups in total. The van der Waals surface area contributed by atoms with Crippen molar-refractivity contribution in [3.63, 3.8) is 0 Å². The molecule has 1 aliphatic carbocycles. The third-order valence-corrected chi connectivity index (χ3v) is 8.22. The molecular weight excluding hydrogens is 492 g/mol. The molecule has 10 heteroatoms. The lowest BCUT2D eigenvalue weighted by molar-refractivity contribution is -0.00238. The third kappa shape index (κ3) is 4.11. The van der Waals surface area contributed by atoms with Crippen LogP contribution in [0.5, 0.6) is 5.75 Å². The van der Waals surface area contributed by atoms with E-state index in [-0.39, 0.29) is 11.7 Å². The predicted octanol–water partition coefficient (Wildman–Crippen LogP) is 2.97. The van der Waals surface area contributed by atoms with E-state index in [1.54, 1.807) is 18.0 Å². The van der Waals surface area contributed by atoms with Crippen molar-refractivity contribution in [2.45, 2.75) is 19.1 Å². The van der Waals surface area contributed by atoms with Crippen LogP contribution in [-0.4, -0.2) is 67.1 Å². The quantitative estimate of drug-likeness (QED) is 0.470. The minimum absolute atomic E-state index is 0.158. The smallest absolute Gasteiger partial charge is 0.261 e. The maximum absolute atomic E-state index is 13.1. The van der Waals surface area contributed by atoms with E-state index in [0.29, 0.717) is 16.7 Å². The minimum Gasteiger partial charge on any atom is -0.497 e. The summed E-state index contributed by atoms with van der Waals surface area (Å²) in [4.78, 5) is 22.5. The summed E-state index contributed by atoms with van der Waals surface area (Å²) in [6.45, 7) is 4.54. The van der Waals surface area contributed by atoms with Gasteiger partial charge in [-0.25, -0.2) is 9.67 Å². The van der Waals surface area contributed by atoms with Crippen LogP contribution < -0.4 is 26.0 Å². The summed E-state index contributed by atoms with van der Waals surface area (Å²) in [5.74, 6) is 0.701. The number of amides is 1. The number of aromatic nitrogens is 2. The Labute approximate surface area is 227 Å². The summed E-state index contributed by atoms with van der Waals surface area (Å²) in [5.41, 5.74) is 13.4. The number of nitrogens with one attached hydrogen (secondary N) is 2. The molecule has 1 unspecified atom stereocenters. The van der Waals surface area contributed by atoms with E-state index >= 15 is 0 Å². The van der Waals surface area contributed by atoms with Crippen LogP contribution in [0.2, 0.25) is 0 Å². The second-order valence-corrected chi connectivity index (χ2v) is 11.2. The Balaban J connectivity index is 1.02. The highest BCUT2D eigenvalue weighted by Gasteiger charge is 2.50. The molecule has 3 aromatic rings. The number of nitrogen functional groups attached to an aromatic ring is 1. The van der Waals surface area contributed by atoms with Gasteiger partial charge in [0.1, 0.15) is 11.3 Å². The van der Waals surface area contributed by atoms with Crippen molar-refractivity contribution in [2.24, 2.45) is 10.4 Å². The predicted molar refractivity (Wildman–Crippen MR) is 152 cm³/mol. The standard InChI is InChI=1S/C29H32N8O2/c1-35-14-29(15-35)16-36(17-29)21-7-5-20(6-8-21)32-27(38)24-13-37(34-26(24)30)28-31-12-19-4-3-18-11-22(39-2)9-10-23(18)25(19)33-28/h5-13,28,33H,3-4,14-17H2,1-2H3,(H2,30,34)(H,32,38). The Bertz CT molecular complexity index is 1510. The first-order valence-corrected chi connectivity index (χ1v) is 13.3. The van der Waals surface area contributed by atoms with E-state index in [1.807, 2.05) is 24.4 Å². The Morgan fingerprint density at radius 2 is 1.92 bits per heavy atom. The van der Waals surface area contributed by atoms with Crippen molar-refractivity contribution in [1.29, 1.82) is 0 Å². The number of nitrogens with zero attached hydrogens (tertiary/aromatic N) is 5. The Morgan fingerprint density at radius 3 is 2.67 bits per heavy atom. The first kappa shape index (κ1) is 23.8. The van der Waals surface area contributed by atoms with Gasteiger partial charge in [-0.3, -0.25) is 4.79 Å². The summed E-state index contributed by atoms with van der Waals surface area (Å²) < 4.78 is 7.00. The van der Waals surface area contributed by atoms with Gasteiger partial charge in [-0.1, -0.05) is 0 Å². The molecule has 39 heavy (non-hydrogen) atoms. The number of nitrogens with two attached hydrogens (primary N) is 1. The molecule has 2 aromatic carbocycles. The number of aryl methyl sites for hydroxylation is 1. The number of fused-ring (bicyclic) bond motifs is 2. The van der Waals surface area contributed by atoms with E-state index in [2.05, 4.69) is 61.8 Å². The highest BCUT2D eigenvalue weighted by Crippen LogP contribution is 2.41. The Hall–Kier alpha value is -4.31. The number of likely N-dealkylation sites (tertiary alicyclic amines) is 1. The van der Waals surface area contributed by atoms with Crippen LogP contribution in [0.25, 0.3) is 5.70 Å². The average Bonchev–Trinajstić information content (AvgIpc) is 3.31. The fraction of sp³-hybridized carbons (Fsp3) is 0.345. The number of carbonyl (C=O) groups is 1. The lowest BCUT2D eigenvalue weighted by Gasteiger charge is -2.60. The lowest BCUT2D eigenvalue weighted by atomic mass is 9.73. The van der Waals surface area contributed by atoms with E-state index in [1.165, 1.54) is 24.3 Å². The molecule has 2 saturated heterocycles. The van der Waals surface area contributed by atoms with Crippen LogP contribution in [0, 0.1) is 5.41 Å². The number of hydrogen-bond donors (Lipinski definition) is 3. The lowest BCUT2D eigenvalue weighted by Crippen LogP contribution is -2.71. The second-order valence-electron chi connectivity index (χ2n) is 11.2. The molecule has 1 amide bonds. The highest BCUT2D eigenvalue weighted by atomic mass is 16.5. The molecular formula is C29H32N8O2. The highest BCUT2D eigenvalue weighted by molar-refractivity contribution is 6.07. The number of ether oxygens (including phenoxy) is 1. The molecule has 10 nitrogen and oxygen atoms in total.